The molecular weight excluding hydrogens is 615 g/mol. The van der Waals surface area contributed by atoms with Crippen molar-refractivity contribution in [2.45, 2.75) is 142 Å². The molecule has 0 heterocycles. The molecule has 0 saturated carbocycles. The zero-order valence-electron chi connectivity index (χ0n) is 26.3. The molecule has 41 heavy (non-hydrogen) atoms. The topological polar surface area (TPSA) is 18.5 Å². The highest BCUT2D eigenvalue weighted by Gasteiger charge is 2.10. The molecule has 3 heteroatoms. The summed E-state index contributed by atoms with van der Waals surface area (Å²) in [6.07, 6.45) is 26.6. The Kier molecular flexibility index (Phi) is 21.6. The van der Waals surface area contributed by atoms with Crippen LogP contribution >= 0.6 is 22.6 Å². The first-order valence-corrected chi connectivity index (χ1v) is 18.0. The minimum Gasteiger partial charge on any atom is -0.492 e. The first-order chi connectivity index (χ1) is 20.2. The van der Waals surface area contributed by atoms with E-state index in [1.807, 2.05) is 30.3 Å². The van der Waals surface area contributed by atoms with Crippen molar-refractivity contribution in [3.8, 4) is 23.3 Å². The van der Waals surface area contributed by atoms with E-state index in [0.717, 1.165) is 52.3 Å². The van der Waals surface area contributed by atoms with Crippen molar-refractivity contribution in [2.75, 3.05) is 13.2 Å². The monoisotopic (exact) mass is 672 g/mol. The Hall–Kier alpha value is -1.67. The molecule has 0 amide bonds. The lowest BCUT2D eigenvalue weighted by Gasteiger charge is -2.13. The molecule has 2 rings (SSSR count). The van der Waals surface area contributed by atoms with Gasteiger partial charge in [0.15, 0.2) is 0 Å². The van der Waals surface area contributed by atoms with Crippen LogP contribution < -0.4 is 9.47 Å². The van der Waals surface area contributed by atoms with Gasteiger partial charge >= 0.3 is 0 Å². The summed E-state index contributed by atoms with van der Waals surface area (Å²) in [5.41, 5.74) is 1.93. The highest BCUT2D eigenvalue weighted by atomic mass is 127. The molecule has 0 fully saturated rings. The molecule has 0 atom stereocenters. The largest absolute Gasteiger partial charge is 0.492 e. The van der Waals surface area contributed by atoms with Crippen LogP contribution in [-0.4, -0.2) is 13.2 Å². The molecule has 0 aromatic heterocycles. The minimum atomic E-state index is 0.741. The Morgan fingerprint density at radius 2 is 0.951 bits per heavy atom. The van der Waals surface area contributed by atoms with Gasteiger partial charge < -0.3 is 9.47 Å². The zero-order valence-corrected chi connectivity index (χ0v) is 28.4. The summed E-state index contributed by atoms with van der Waals surface area (Å²) in [5.74, 6) is 8.48. The maximum absolute atomic E-state index is 6.28. The van der Waals surface area contributed by atoms with E-state index >= 15 is 0 Å². The number of halogens is 1. The van der Waals surface area contributed by atoms with E-state index in [-0.39, 0.29) is 0 Å². The van der Waals surface area contributed by atoms with Crippen LogP contribution in [0.15, 0.2) is 42.5 Å². The zero-order chi connectivity index (χ0) is 29.2. The average molecular weight is 673 g/mol. The van der Waals surface area contributed by atoms with E-state index in [4.69, 9.17) is 9.47 Å². The van der Waals surface area contributed by atoms with E-state index in [9.17, 15) is 0 Å². The fourth-order valence-corrected chi connectivity index (χ4v) is 5.66. The Morgan fingerprint density at radius 1 is 0.512 bits per heavy atom. The van der Waals surface area contributed by atoms with E-state index in [0.29, 0.717) is 0 Å². The van der Waals surface area contributed by atoms with Gasteiger partial charge in [-0.2, -0.15) is 0 Å². The van der Waals surface area contributed by atoms with Gasteiger partial charge in [0.05, 0.1) is 22.3 Å². The van der Waals surface area contributed by atoms with Crippen LogP contribution in [0.5, 0.6) is 11.5 Å². The summed E-state index contributed by atoms with van der Waals surface area (Å²) < 4.78 is 13.6. The fourth-order valence-electron chi connectivity index (χ4n) is 5.07. The van der Waals surface area contributed by atoms with Crippen LogP contribution in [-0.2, 0) is 0 Å². The summed E-state index contributed by atoms with van der Waals surface area (Å²) in [7, 11) is 0. The predicted molar refractivity (Wildman–Crippen MR) is 186 cm³/mol. The molecule has 228 valence electrons. The summed E-state index contributed by atoms with van der Waals surface area (Å²) >= 11 is 2.38. The normalized spacial score (nSPS) is 10.8. The van der Waals surface area contributed by atoms with Crippen LogP contribution in [0.4, 0.5) is 0 Å². The number of hydrogen-bond acceptors (Lipinski definition) is 2. The van der Waals surface area contributed by atoms with Crippen molar-refractivity contribution in [1.29, 1.82) is 0 Å². The molecule has 0 saturated heterocycles. The van der Waals surface area contributed by atoms with Gasteiger partial charge in [0.1, 0.15) is 11.5 Å². The van der Waals surface area contributed by atoms with Crippen LogP contribution in [0.25, 0.3) is 0 Å². The first kappa shape index (κ1) is 35.5. The molecule has 2 aromatic carbocycles. The lowest BCUT2D eigenvalue weighted by Crippen LogP contribution is -2.03. The Morgan fingerprint density at radius 3 is 1.44 bits per heavy atom. The molecule has 0 bridgehead atoms. The molecule has 0 radical (unpaired) electrons. The van der Waals surface area contributed by atoms with Gasteiger partial charge in [-0.3, -0.25) is 0 Å². The third-order valence-corrected chi connectivity index (χ3v) is 8.50. The van der Waals surface area contributed by atoms with Crippen LogP contribution in [0.2, 0.25) is 0 Å². The molecule has 0 unspecified atom stereocenters. The smallest absolute Gasteiger partial charge is 0.136 e. The second-order valence-electron chi connectivity index (χ2n) is 11.5. The van der Waals surface area contributed by atoms with Gasteiger partial charge in [0.2, 0.25) is 0 Å². The van der Waals surface area contributed by atoms with E-state index in [1.54, 1.807) is 0 Å². The van der Waals surface area contributed by atoms with Gasteiger partial charge in [0.25, 0.3) is 0 Å². The van der Waals surface area contributed by atoms with Crippen molar-refractivity contribution in [2.24, 2.45) is 0 Å². The summed E-state index contributed by atoms with van der Waals surface area (Å²) in [5, 5.41) is 0. The van der Waals surface area contributed by atoms with E-state index < -0.39 is 0 Å². The van der Waals surface area contributed by atoms with Gasteiger partial charge in [0, 0.05) is 11.6 Å². The highest BCUT2D eigenvalue weighted by Crippen LogP contribution is 2.30. The third kappa shape index (κ3) is 17.8. The van der Waals surface area contributed by atoms with Crippen LogP contribution in [0.3, 0.4) is 0 Å². The van der Waals surface area contributed by atoms with Crippen molar-refractivity contribution in [3.63, 3.8) is 0 Å². The van der Waals surface area contributed by atoms with Crippen LogP contribution in [0, 0.1) is 15.4 Å². The molecule has 0 aliphatic heterocycles. The summed E-state index contributed by atoms with van der Waals surface area (Å²) in [6, 6.07) is 14.4. The molecule has 2 nitrogen and oxygen atoms in total. The van der Waals surface area contributed by atoms with Crippen LogP contribution in [0.1, 0.15) is 153 Å². The summed E-state index contributed by atoms with van der Waals surface area (Å²) in [4.78, 5) is 0. The van der Waals surface area contributed by atoms with Crippen molar-refractivity contribution in [1.82, 2.24) is 0 Å². The lowest BCUT2D eigenvalue weighted by atomic mass is 10.1. The molecule has 0 aliphatic rings. The number of rotatable bonds is 24. The van der Waals surface area contributed by atoms with Crippen molar-refractivity contribution in [3.05, 3.63) is 57.2 Å². The maximum atomic E-state index is 6.28. The minimum absolute atomic E-state index is 0.741. The number of ether oxygens (including phenoxy) is 2. The predicted octanol–water partition coefficient (Wildman–Crippen LogP) is 12.3. The average Bonchev–Trinajstić information content (AvgIpc) is 2.99. The quantitative estimate of drug-likeness (QED) is 0.0628. The highest BCUT2D eigenvalue weighted by molar-refractivity contribution is 14.1. The van der Waals surface area contributed by atoms with E-state index in [1.165, 1.54) is 116 Å². The molecule has 0 aliphatic carbocycles. The SMILES string of the molecule is CCCCCCCCCCCCOc1cc(C#Cc2ccccc2)c(OCCCCCCCCCCCC)cc1I. The fraction of sp³-hybridized carbons (Fsp3) is 0.632. The second-order valence-corrected chi connectivity index (χ2v) is 12.6. The van der Waals surface area contributed by atoms with Gasteiger partial charge in [-0.15, -0.1) is 0 Å². The number of hydrogen-bond donors (Lipinski definition) is 0. The Bertz CT molecular complexity index is 959. The summed E-state index contributed by atoms with van der Waals surface area (Å²) in [6.45, 7) is 6.07. The van der Waals surface area contributed by atoms with Gasteiger partial charge in [-0.05, 0) is 53.6 Å². The van der Waals surface area contributed by atoms with Gasteiger partial charge in [-0.1, -0.05) is 159 Å². The Balaban J connectivity index is 1.79. The third-order valence-electron chi connectivity index (χ3n) is 7.66. The first-order valence-electron chi connectivity index (χ1n) is 16.9. The molecule has 0 N–H and O–H groups in total. The number of benzene rings is 2. The van der Waals surface area contributed by atoms with Crippen molar-refractivity contribution >= 4 is 22.6 Å². The molecular formula is C38H57IO2. The second kappa shape index (κ2) is 24.9. The Labute approximate surface area is 266 Å². The lowest BCUT2D eigenvalue weighted by molar-refractivity contribution is 0.294. The van der Waals surface area contributed by atoms with E-state index in [2.05, 4.69) is 60.4 Å². The van der Waals surface area contributed by atoms with Crippen molar-refractivity contribution < 1.29 is 9.47 Å². The number of unbranched alkanes of at least 4 members (excludes halogenated alkanes) is 18. The van der Waals surface area contributed by atoms with Gasteiger partial charge in [-0.25, -0.2) is 0 Å². The molecule has 0 spiro atoms. The molecule has 2 aromatic rings. The standard InChI is InChI=1S/C38H57IO2/c1-3-5-7-9-11-13-15-17-19-24-30-40-37-33-36(39)38(32-35(37)29-28-34-26-22-21-23-27-34)41-31-25-20-18-16-14-12-10-8-6-4-2/h21-23,26-27,32-33H,3-20,24-25,30-31H2,1-2H3. The maximum Gasteiger partial charge on any atom is 0.136 e.